The van der Waals surface area contributed by atoms with E-state index < -0.39 is 5.60 Å². The van der Waals surface area contributed by atoms with Crippen LogP contribution in [0.15, 0.2) is 0 Å². The Labute approximate surface area is 109 Å². The van der Waals surface area contributed by atoms with E-state index >= 15 is 0 Å². The molecule has 0 aromatic heterocycles. The average Bonchev–Trinajstić information content (AvgIpc) is 2.24. The maximum atomic E-state index is 12.1. The Morgan fingerprint density at radius 3 is 2.28 bits per heavy atom. The molecule has 1 saturated carbocycles. The van der Waals surface area contributed by atoms with Crippen LogP contribution in [-0.2, 0) is 4.74 Å². The molecule has 0 spiro atoms. The van der Waals surface area contributed by atoms with Crippen LogP contribution >= 0.6 is 0 Å². The Balaban J connectivity index is 1.99. The molecule has 1 heterocycles. The first kappa shape index (κ1) is 13.7. The van der Waals surface area contributed by atoms with Crippen molar-refractivity contribution in [3.8, 4) is 0 Å². The van der Waals surface area contributed by atoms with Crippen LogP contribution in [0.3, 0.4) is 0 Å². The van der Waals surface area contributed by atoms with Crippen molar-refractivity contribution in [3.63, 3.8) is 0 Å². The zero-order valence-corrected chi connectivity index (χ0v) is 11.7. The molecule has 0 radical (unpaired) electrons. The predicted octanol–water partition coefficient (Wildman–Crippen LogP) is 2.26. The molecule has 1 saturated heterocycles. The second-order valence-corrected chi connectivity index (χ2v) is 6.68. The Kier molecular flexibility index (Phi) is 3.85. The number of rotatable bonds is 1. The van der Waals surface area contributed by atoms with E-state index in [0.29, 0.717) is 17.8 Å². The topological polar surface area (TPSA) is 49.8 Å². The molecule has 2 unspecified atom stereocenters. The molecule has 0 aromatic rings. The number of fused-ring (bicyclic) bond motifs is 2. The lowest BCUT2D eigenvalue weighted by atomic mass is 9.69. The lowest BCUT2D eigenvalue weighted by molar-refractivity contribution is -0.0284. The van der Waals surface area contributed by atoms with E-state index in [9.17, 15) is 9.90 Å². The van der Waals surface area contributed by atoms with E-state index in [1.807, 2.05) is 25.7 Å². The number of piperidine rings is 1. The minimum atomic E-state index is -0.431. The summed E-state index contributed by atoms with van der Waals surface area (Å²) in [6.45, 7) is 7.44. The second-order valence-electron chi connectivity index (χ2n) is 6.68. The first-order valence-electron chi connectivity index (χ1n) is 6.99. The molecule has 0 aromatic carbocycles. The summed E-state index contributed by atoms with van der Waals surface area (Å²) in [6, 6.07) is 0. The van der Waals surface area contributed by atoms with Crippen molar-refractivity contribution in [1.82, 2.24) is 4.90 Å². The molecule has 2 fully saturated rings. The summed E-state index contributed by atoms with van der Waals surface area (Å²) in [7, 11) is 0. The Morgan fingerprint density at radius 1 is 1.28 bits per heavy atom. The third-order valence-corrected chi connectivity index (χ3v) is 4.13. The maximum absolute atomic E-state index is 12.1. The Hall–Kier alpha value is -0.770. The molecular formula is C14H25NO3. The monoisotopic (exact) mass is 255 g/mol. The van der Waals surface area contributed by atoms with Gasteiger partial charge in [-0.2, -0.15) is 0 Å². The van der Waals surface area contributed by atoms with Crippen molar-refractivity contribution < 1.29 is 14.6 Å². The van der Waals surface area contributed by atoms with Crippen molar-refractivity contribution >= 4 is 6.09 Å². The molecule has 2 atom stereocenters. The van der Waals surface area contributed by atoms with Crippen LogP contribution in [0.1, 0.15) is 40.0 Å². The minimum Gasteiger partial charge on any atom is -0.444 e. The number of ether oxygens (including phenoxy) is 1. The Bertz CT molecular complexity index is 297. The van der Waals surface area contributed by atoms with Crippen molar-refractivity contribution in [2.75, 3.05) is 19.7 Å². The molecule has 2 rings (SSSR count). The number of hydrogen-bond donors (Lipinski definition) is 1. The van der Waals surface area contributed by atoms with Crippen LogP contribution in [0.4, 0.5) is 4.79 Å². The molecule has 1 N–H and O–H groups in total. The third-order valence-electron chi connectivity index (χ3n) is 4.13. The van der Waals surface area contributed by atoms with Gasteiger partial charge in [-0.1, -0.05) is 6.42 Å². The number of amides is 1. The van der Waals surface area contributed by atoms with Gasteiger partial charge in [0.15, 0.2) is 0 Å². The molecule has 2 bridgehead atoms. The van der Waals surface area contributed by atoms with Gasteiger partial charge in [-0.15, -0.1) is 0 Å². The number of hydrogen-bond acceptors (Lipinski definition) is 3. The van der Waals surface area contributed by atoms with Gasteiger partial charge >= 0.3 is 6.09 Å². The van der Waals surface area contributed by atoms with Crippen molar-refractivity contribution in [1.29, 1.82) is 0 Å². The summed E-state index contributed by atoms with van der Waals surface area (Å²) in [5.41, 5.74) is -0.431. The average molecular weight is 255 g/mol. The van der Waals surface area contributed by atoms with E-state index in [0.717, 1.165) is 25.9 Å². The van der Waals surface area contributed by atoms with Crippen molar-refractivity contribution in [3.05, 3.63) is 0 Å². The van der Waals surface area contributed by atoms with E-state index in [1.54, 1.807) is 0 Å². The summed E-state index contributed by atoms with van der Waals surface area (Å²) in [5.74, 6) is 1.29. The van der Waals surface area contributed by atoms with E-state index in [2.05, 4.69) is 0 Å². The number of likely N-dealkylation sites (tertiary alicyclic amines) is 1. The highest BCUT2D eigenvalue weighted by Gasteiger charge is 2.41. The molecule has 4 nitrogen and oxygen atoms in total. The fraction of sp³-hybridized carbons (Fsp3) is 0.929. The predicted molar refractivity (Wildman–Crippen MR) is 69.2 cm³/mol. The van der Waals surface area contributed by atoms with Gasteiger partial charge in [0, 0.05) is 19.7 Å². The summed E-state index contributed by atoms with van der Waals surface area (Å²) in [5, 5.41) is 9.47. The fourth-order valence-corrected chi connectivity index (χ4v) is 3.32. The van der Waals surface area contributed by atoms with E-state index in [-0.39, 0.29) is 12.7 Å². The van der Waals surface area contributed by atoms with Gasteiger partial charge in [0.1, 0.15) is 5.60 Å². The largest absolute Gasteiger partial charge is 0.444 e. The first-order chi connectivity index (χ1) is 8.40. The van der Waals surface area contributed by atoms with Gasteiger partial charge in [-0.3, -0.25) is 0 Å². The first-order valence-corrected chi connectivity index (χ1v) is 6.99. The smallest absolute Gasteiger partial charge is 0.410 e. The van der Waals surface area contributed by atoms with Crippen LogP contribution < -0.4 is 0 Å². The zero-order valence-electron chi connectivity index (χ0n) is 11.7. The molecular weight excluding hydrogens is 230 g/mol. The second kappa shape index (κ2) is 5.08. The number of nitrogens with zero attached hydrogens (tertiary/aromatic N) is 1. The number of aliphatic hydroxyl groups excluding tert-OH is 1. The van der Waals surface area contributed by atoms with Gasteiger partial charge in [0.25, 0.3) is 0 Å². The summed E-state index contributed by atoms with van der Waals surface area (Å²) >= 11 is 0. The standard InChI is InChI=1S/C14H25NO3/c1-14(2,3)18-13(17)15-7-10-5-4-6-11(8-15)12(10)9-16/h10-12,16H,4-9H2,1-3H3. The van der Waals surface area contributed by atoms with Gasteiger partial charge in [0.05, 0.1) is 0 Å². The lowest BCUT2D eigenvalue weighted by Gasteiger charge is -2.46. The summed E-state index contributed by atoms with van der Waals surface area (Å²) in [6.07, 6.45) is 3.28. The molecule has 1 amide bonds. The van der Waals surface area contributed by atoms with Gasteiger partial charge < -0.3 is 14.7 Å². The van der Waals surface area contributed by atoms with Crippen LogP contribution in [-0.4, -0.2) is 41.4 Å². The van der Waals surface area contributed by atoms with Gasteiger partial charge in [-0.05, 0) is 51.4 Å². The maximum Gasteiger partial charge on any atom is 0.410 e. The molecule has 1 aliphatic heterocycles. The normalized spacial score (nSPS) is 32.2. The molecule has 4 heteroatoms. The lowest BCUT2D eigenvalue weighted by Crippen LogP contribution is -2.52. The van der Waals surface area contributed by atoms with E-state index in [4.69, 9.17) is 4.74 Å². The minimum absolute atomic E-state index is 0.198. The van der Waals surface area contributed by atoms with Crippen LogP contribution in [0.5, 0.6) is 0 Å². The number of aliphatic hydroxyl groups is 1. The third kappa shape index (κ3) is 2.97. The highest BCUT2D eigenvalue weighted by molar-refractivity contribution is 5.68. The van der Waals surface area contributed by atoms with Gasteiger partial charge in [-0.25, -0.2) is 4.79 Å². The summed E-state index contributed by atoms with van der Waals surface area (Å²) < 4.78 is 5.44. The van der Waals surface area contributed by atoms with Crippen LogP contribution in [0, 0.1) is 17.8 Å². The van der Waals surface area contributed by atoms with Crippen molar-refractivity contribution in [2.45, 2.75) is 45.6 Å². The number of carbonyl (C=O) groups is 1. The molecule has 104 valence electrons. The van der Waals surface area contributed by atoms with Crippen molar-refractivity contribution in [2.24, 2.45) is 17.8 Å². The van der Waals surface area contributed by atoms with Crippen LogP contribution in [0.2, 0.25) is 0 Å². The highest BCUT2D eigenvalue weighted by Crippen LogP contribution is 2.39. The quantitative estimate of drug-likeness (QED) is 0.782. The zero-order chi connectivity index (χ0) is 13.3. The molecule has 2 aliphatic rings. The molecule has 1 aliphatic carbocycles. The summed E-state index contributed by atoms with van der Waals surface area (Å²) in [4.78, 5) is 13.9. The van der Waals surface area contributed by atoms with Gasteiger partial charge in [0.2, 0.25) is 0 Å². The van der Waals surface area contributed by atoms with Crippen LogP contribution in [0.25, 0.3) is 0 Å². The molecule has 18 heavy (non-hydrogen) atoms. The highest BCUT2D eigenvalue weighted by atomic mass is 16.6. The fourth-order valence-electron chi connectivity index (χ4n) is 3.32. The number of carbonyl (C=O) groups excluding carboxylic acids is 1. The Morgan fingerprint density at radius 2 is 1.83 bits per heavy atom. The SMILES string of the molecule is CC(C)(C)OC(=O)N1CC2CCCC(C1)C2CO. The van der Waals surface area contributed by atoms with E-state index in [1.165, 1.54) is 6.42 Å².